The van der Waals surface area contributed by atoms with Crippen molar-refractivity contribution in [1.29, 1.82) is 0 Å². The van der Waals surface area contributed by atoms with Crippen LogP contribution in [0.4, 0.5) is 5.69 Å². The average molecular weight is 363 g/mol. The lowest BCUT2D eigenvalue weighted by atomic mass is 10.2. The smallest absolute Gasteiger partial charge is 0.256 e. The Morgan fingerprint density at radius 3 is 2.35 bits per heavy atom. The van der Waals surface area contributed by atoms with Gasteiger partial charge in [0.25, 0.3) is 5.91 Å². The average Bonchev–Trinajstić information content (AvgIpc) is 2.69. The Kier molecular flexibility index (Phi) is 6.34. The van der Waals surface area contributed by atoms with Gasteiger partial charge in [0.1, 0.15) is 12.4 Å². The van der Waals surface area contributed by atoms with E-state index in [0.717, 1.165) is 27.6 Å². The van der Waals surface area contributed by atoms with Crippen LogP contribution in [-0.4, -0.2) is 11.7 Å². The van der Waals surface area contributed by atoms with Gasteiger partial charge in [0, 0.05) is 10.6 Å². The van der Waals surface area contributed by atoms with Gasteiger partial charge in [-0.3, -0.25) is 4.79 Å². The molecule has 3 nitrogen and oxygen atoms in total. The van der Waals surface area contributed by atoms with Crippen molar-refractivity contribution in [3.05, 3.63) is 90.0 Å². The molecule has 3 rings (SSSR count). The Labute approximate surface area is 158 Å². The van der Waals surface area contributed by atoms with Gasteiger partial charge in [-0.05, 0) is 47.7 Å². The fraction of sp³-hybridized carbons (Fsp3) is 0.136. The number of hydrogen-bond donors (Lipinski definition) is 1. The predicted molar refractivity (Wildman–Crippen MR) is 108 cm³/mol. The molecule has 3 aromatic carbocycles. The van der Waals surface area contributed by atoms with Crippen molar-refractivity contribution in [3.63, 3.8) is 0 Å². The van der Waals surface area contributed by atoms with Gasteiger partial charge in [-0.15, -0.1) is 11.8 Å². The number of ether oxygens (including phenoxy) is 1. The second-order valence-corrected chi connectivity index (χ2v) is 6.99. The molecule has 0 bridgehead atoms. The van der Waals surface area contributed by atoms with Gasteiger partial charge in [-0.25, -0.2) is 0 Å². The van der Waals surface area contributed by atoms with Crippen LogP contribution in [0.2, 0.25) is 0 Å². The van der Waals surface area contributed by atoms with Crippen molar-refractivity contribution < 1.29 is 9.53 Å². The van der Waals surface area contributed by atoms with E-state index in [9.17, 15) is 4.79 Å². The van der Waals surface area contributed by atoms with E-state index < -0.39 is 0 Å². The van der Waals surface area contributed by atoms with E-state index in [0.29, 0.717) is 12.2 Å². The molecule has 0 unspecified atom stereocenters. The van der Waals surface area contributed by atoms with E-state index in [4.69, 9.17) is 4.74 Å². The first-order valence-electron chi connectivity index (χ1n) is 8.56. The molecular formula is C22H21NO2S. The van der Waals surface area contributed by atoms with Crippen molar-refractivity contribution in [2.45, 2.75) is 18.4 Å². The van der Waals surface area contributed by atoms with Crippen molar-refractivity contribution >= 4 is 23.4 Å². The largest absolute Gasteiger partial charge is 0.489 e. The van der Waals surface area contributed by atoms with E-state index in [1.807, 2.05) is 78.9 Å². The number of amides is 1. The molecule has 0 aliphatic carbocycles. The number of anilines is 1. The third kappa shape index (κ3) is 4.90. The molecule has 0 aliphatic rings. The molecule has 0 spiro atoms. The summed E-state index contributed by atoms with van der Waals surface area (Å²) in [5.41, 5.74) is 2.57. The Bertz CT molecular complexity index is 848. The van der Waals surface area contributed by atoms with Crippen molar-refractivity contribution in [2.75, 3.05) is 11.1 Å². The van der Waals surface area contributed by atoms with Crippen LogP contribution in [0.5, 0.6) is 5.75 Å². The number of benzene rings is 3. The zero-order valence-electron chi connectivity index (χ0n) is 14.6. The maximum Gasteiger partial charge on any atom is 0.256 e. The molecule has 4 heteroatoms. The van der Waals surface area contributed by atoms with Gasteiger partial charge >= 0.3 is 0 Å². The Morgan fingerprint density at radius 1 is 0.923 bits per heavy atom. The van der Waals surface area contributed by atoms with Gasteiger partial charge in [0.05, 0.1) is 5.56 Å². The third-order valence-electron chi connectivity index (χ3n) is 3.79. The summed E-state index contributed by atoms with van der Waals surface area (Å²) in [5, 5.41) is 2.95. The summed E-state index contributed by atoms with van der Waals surface area (Å²) in [4.78, 5) is 13.5. The van der Waals surface area contributed by atoms with Gasteiger partial charge in [-0.2, -0.15) is 0 Å². The van der Waals surface area contributed by atoms with Gasteiger partial charge in [0.15, 0.2) is 0 Å². The van der Waals surface area contributed by atoms with Crippen molar-refractivity contribution in [1.82, 2.24) is 0 Å². The van der Waals surface area contributed by atoms with Gasteiger partial charge < -0.3 is 10.1 Å². The second-order valence-electron chi connectivity index (χ2n) is 5.68. The normalized spacial score (nSPS) is 10.3. The first-order valence-corrected chi connectivity index (χ1v) is 9.55. The quantitative estimate of drug-likeness (QED) is 0.553. The number of hydrogen-bond acceptors (Lipinski definition) is 3. The van der Waals surface area contributed by atoms with Crippen molar-refractivity contribution in [3.8, 4) is 5.75 Å². The summed E-state index contributed by atoms with van der Waals surface area (Å²) in [7, 11) is 0. The topological polar surface area (TPSA) is 38.3 Å². The minimum atomic E-state index is -0.0977. The summed E-state index contributed by atoms with van der Waals surface area (Å²) >= 11 is 1.67. The van der Waals surface area contributed by atoms with Crippen LogP contribution in [0.1, 0.15) is 22.8 Å². The minimum absolute atomic E-state index is 0.0977. The lowest BCUT2D eigenvalue weighted by Gasteiger charge is -2.10. The SMILES string of the molecule is CCSc1ccccc1C(=O)Nc1ccc(OCc2ccccc2)cc1. The molecule has 0 aromatic heterocycles. The first-order chi connectivity index (χ1) is 12.8. The molecule has 1 N–H and O–H groups in total. The van der Waals surface area contributed by atoms with E-state index in [1.54, 1.807) is 11.8 Å². The second kappa shape index (κ2) is 9.11. The number of thioether (sulfide) groups is 1. The summed E-state index contributed by atoms with van der Waals surface area (Å²) in [6, 6.07) is 25.1. The van der Waals surface area contributed by atoms with Crippen LogP contribution >= 0.6 is 11.8 Å². The monoisotopic (exact) mass is 363 g/mol. The molecule has 1 amide bonds. The van der Waals surface area contributed by atoms with Crippen LogP contribution in [0.15, 0.2) is 83.8 Å². The maximum atomic E-state index is 12.5. The minimum Gasteiger partial charge on any atom is -0.489 e. The fourth-order valence-electron chi connectivity index (χ4n) is 2.51. The molecule has 0 radical (unpaired) electrons. The number of rotatable bonds is 7. The Morgan fingerprint density at radius 2 is 1.62 bits per heavy atom. The lowest BCUT2D eigenvalue weighted by Crippen LogP contribution is -2.12. The fourth-order valence-corrected chi connectivity index (χ4v) is 3.31. The molecule has 132 valence electrons. The molecule has 3 aromatic rings. The number of nitrogens with one attached hydrogen (secondary N) is 1. The standard InChI is InChI=1S/C22H21NO2S/c1-2-26-21-11-7-6-10-20(21)22(24)23-18-12-14-19(15-13-18)25-16-17-8-4-3-5-9-17/h3-15H,2,16H2,1H3,(H,23,24). The summed E-state index contributed by atoms with van der Waals surface area (Å²) < 4.78 is 5.77. The number of carbonyl (C=O) groups is 1. The predicted octanol–water partition coefficient (Wildman–Crippen LogP) is 5.63. The summed E-state index contributed by atoms with van der Waals surface area (Å²) in [6.07, 6.45) is 0. The Hall–Kier alpha value is -2.72. The van der Waals surface area contributed by atoms with E-state index in [-0.39, 0.29) is 5.91 Å². The van der Waals surface area contributed by atoms with Crippen LogP contribution in [-0.2, 0) is 6.61 Å². The van der Waals surface area contributed by atoms with Crippen LogP contribution in [0.3, 0.4) is 0 Å². The van der Waals surface area contributed by atoms with E-state index >= 15 is 0 Å². The first kappa shape index (κ1) is 18.1. The van der Waals surface area contributed by atoms with Crippen LogP contribution in [0.25, 0.3) is 0 Å². The molecule has 26 heavy (non-hydrogen) atoms. The van der Waals surface area contributed by atoms with Crippen LogP contribution < -0.4 is 10.1 Å². The highest BCUT2D eigenvalue weighted by Gasteiger charge is 2.11. The van der Waals surface area contributed by atoms with Crippen LogP contribution in [0, 0.1) is 0 Å². The van der Waals surface area contributed by atoms with Gasteiger partial charge in [-0.1, -0.05) is 49.4 Å². The zero-order chi connectivity index (χ0) is 18.2. The third-order valence-corrected chi connectivity index (χ3v) is 4.75. The Balaban J connectivity index is 1.61. The molecular weight excluding hydrogens is 342 g/mol. The lowest BCUT2D eigenvalue weighted by molar-refractivity contribution is 0.102. The molecule has 0 saturated carbocycles. The highest BCUT2D eigenvalue weighted by molar-refractivity contribution is 7.99. The zero-order valence-corrected chi connectivity index (χ0v) is 15.5. The van der Waals surface area contributed by atoms with E-state index in [1.165, 1.54) is 0 Å². The van der Waals surface area contributed by atoms with E-state index in [2.05, 4.69) is 12.2 Å². The molecule has 0 fully saturated rings. The maximum absolute atomic E-state index is 12.5. The van der Waals surface area contributed by atoms with Crippen molar-refractivity contribution in [2.24, 2.45) is 0 Å². The molecule has 0 atom stereocenters. The molecule has 0 aliphatic heterocycles. The molecule has 0 saturated heterocycles. The highest BCUT2D eigenvalue weighted by atomic mass is 32.2. The number of carbonyl (C=O) groups excluding carboxylic acids is 1. The highest BCUT2D eigenvalue weighted by Crippen LogP contribution is 2.24. The summed E-state index contributed by atoms with van der Waals surface area (Å²) in [6.45, 7) is 2.60. The van der Waals surface area contributed by atoms with Gasteiger partial charge in [0.2, 0.25) is 0 Å². The summed E-state index contributed by atoms with van der Waals surface area (Å²) in [5.74, 6) is 1.60. The molecule has 0 heterocycles.